The Balaban J connectivity index is 1.49. The number of thioether (sulfide) groups is 1. The van der Waals surface area contributed by atoms with E-state index in [-0.39, 0.29) is 12.3 Å². The maximum Gasteiger partial charge on any atom is 0.237 e. The maximum absolute atomic E-state index is 11.2. The SMILES string of the molecule is NC(=O)CCc1nnc(SCc2nc(-c3cccc(Br)c3)no2)n1Cc1ccco1. The van der Waals surface area contributed by atoms with Crippen LogP contribution >= 0.6 is 27.7 Å². The molecule has 0 radical (unpaired) electrons. The number of hydrogen-bond donors (Lipinski definition) is 1. The summed E-state index contributed by atoms with van der Waals surface area (Å²) in [4.78, 5) is 15.6. The number of benzene rings is 1. The van der Waals surface area contributed by atoms with Crippen LogP contribution in [0, 0.1) is 0 Å². The van der Waals surface area contributed by atoms with Crippen LogP contribution in [0.5, 0.6) is 0 Å². The summed E-state index contributed by atoms with van der Waals surface area (Å²) in [5.41, 5.74) is 6.14. The average Bonchev–Trinajstić information content (AvgIpc) is 3.47. The lowest BCUT2D eigenvalue weighted by Crippen LogP contribution is -2.14. The molecule has 0 aliphatic rings. The Bertz CT molecular complexity index is 1140. The molecule has 1 amide bonds. The van der Waals surface area contributed by atoms with E-state index in [0.717, 1.165) is 15.8 Å². The van der Waals surface area contributed by atoms with Crippen molar-refractivity contribution in [2.75, 3.05) is 0 Å². The molecule has 0 aliphatic heterocycles. The number of aromatic nitrogens is 5. The molecule has 3 aromatic heterocycles. The van der Waals surface area contributed by atoms with E-state index in [1.807, 2.05) is 41.0 Å². The maximum atomic E-state index is 11.2. The molecule has 0 atom stereocenters. The molecular weight excluding hydrogens is 472 g/mol. The van der Waals surface area contributed by atoms with Crippen molar-refractivity contribution < 1.29 is 13.7 Å². The molecule has 11 heteroatoms. The number of amides is 1. The van der Waals surface area contributed by atoms with E-state index < -0.39 is 0 Å². The highest BCUT2D eigenvalue weighted by Crippen LogP contribution is 2.25. The fourth-order valence-corrected chi connectivity index (χ4v) is 3.94. The van der Waals surface area contributed by atoms with Gasteiger partial charge in [0.1, 0.15) is 11.6 Å². The quantitative estimate of drug-likeness (QED) is 0.355. The Hall–Kier alpha value is -2.92. The van der Waals surface area contributed by atoms with Crippen LogP contribution in [0.1, 0.15) is 23.9 Å². The largest absolute Gasteiger partial charge is 0.467 e. The Morgan fingerprint density at radius 1 is 1.23 bits per heavy atom. The molecule has 4 aromatic rings. The molecule has 0 bridgehead atoms. The number of nitrogens with two attached hydrogens (primary N) is 1. The predicted molar refractivity (Wildman–Crippen MR) is 112 cm³/mol. The van der Waals surface area contributed by atoms with Gasteiger partial charge in [0.15, 0.2) is 5.16 Å². The molecule has 0 fully saturated rings. The monoisotopic (exact) mass is 488 g/mol. The summed E-state index contributed by atoms with van der Waals surface area (Å²) in [5.74, 6) is 2.45. The van der Waals surface area contributed by atoms with Gasteiger partial charge in [-0.3, -0.25) is 9.36 Å². The van der Waals surface area contributed by atoms with Crippen LogP contribution in [0.3, 0.4) is 0 Å². The van der Waals surface area contributed by atoms with E-state index in [1.54, 1.807) is 6.26 Å². The molecule has 154 valence electrons. The fourth-order valence-electron chi connectivity index (χ4n) is 2.75. The Kier molecular flexibility index (Phi) is 6.29. The minimum absolute atomic E-state index is 0.195. The van der Waals surface area contributed by atoms with Gasteiger partial charge >= 0.3 is 0 Å². The lowest BCUT2D eigenvalue weighted by atomic mass is 10.2. The molecule has 0 saturated carbocycles. The number of halogens is 1. The van der Waals surface area contributed by atoms with Crippen LogP contribution in [0.4, 0.5) is 0 Å². The smallest absolute Gasteiger partial charge is 0.237 e. The first-order valence-electron chi connectivity index (χ1n) is 9.02. The number of hydrogen-bond acceptors (Lipinski definition) is 8. The first-order valence-corrected chi connectivity index (χ1v) is 10.8. The summed E-state index contributed by atoms with van der Waals surface area (Å²) < 4.78 is 13.7. The number of carbonyl (C=O) groups excluding carboxylic acids is 1. The first kappa shape index (κ1) is 20.4. The van der Waals surface area contributed by atoms with E-state index in [1.165, 1.54) is 11.8 Å². The van der Waals surface area contributed by atoms with Crippen molar-refractivity contribution in [3.63, 3.8) is 0 Å². The third-order valence-corrected chi connectivity index (χ3v) is 5.60. The second kappa shape index (κ2) is 9.26. The molecule has 2 N–H and O–H groups in total. The van der Waals surface area contributed by atoms with Gasteiger partial charge in [-0.05, 0) is 24.3 Å². The highest BCUT2D eigenvalue weighted by Gasteiger charge is 2.17. The number of carbonyl (C=O) groups is 1. The molecule has 0 spiro atoms. The Labute approximate surface area is 184 Å². The normalized spacial score (nSPS) is 11.1. The summed E-state index contributed by atoms with van der Waals surface area (Å²) in [6.45, 7) is 0.448. The molecule has 0 saturated heterocycles. The van der Waals surface area contributed by atoms with Crippen molar-refractivity contribution in [2.45, 2.75) is 30.3 Å². The highest BCUT2D eigenvalue weighted by molar-refractivity contribution is 9.10. The Morgan fingerprint density at radius 2 is 2.13 bits per heavy atom. The molecular formula is C19H17BrN6O3S. The van der Waals surface area contributed by atoms with Crippen molar-refractivity contribution in [3.05, 3.63) is 64.6 Å². The molecule has 0 unspecified atom stereocenters. The van der Waals surface area contributed by atoms with E-state index in [2.05, 4.69) is 36.3 Å². The van der Waals surface area contributed by atoms with Crippen LogP contribution in [0.2, 0.25) is 0 Å². The van der Waals surface area contributed by atoms with Crippen molar-refractivity contribution in [1.29, 1.82) is 0 Å². The highest BCUT2D eigenvalue weighted by atomic mass is 79.9. The van der Waals surface area contributed by atoms with Crippen molar-refractivity contribution >= 4 is 33.6 Å². The fraction of sp³-hybridized carbons (Fsp3) is 0.211. The lowest BCUT2D eigenvalue weighted by molar-refractivity contribution is -0.118. The van der Waals surface area contributed by atoms with Gasteiger partial charge < -0.3 is 14.7 Å². The minimum atomic E-state index is -0.386. The van der Waals surface area contributed by atoms with Crippen molar-refractivity contribution in [2.24, 2.45) is 5.73 Å². The van der Waals surface area contributed by atoms with Crippen LogP contribution in [-0.2, 0) is 23.5 Å². The van der Waals surface area contributed by atoms with Crippen LogP contribution < -0.4 is 5.73 Å². The van der Waals surface area contributed by atoms with Crippen LogP contribution in [0.25, 0.3) is 11.4 Å². The van der Waals surface area contributed by atoms with E-state index in [0.29, 0.717) is 41.4 Å². The molecule has 9 nitrogen and oxygen atoms in total. The Morgan fingerprint density at radius 3 is 2.90 bits per heavy atom. The second-order valence-electron chi connectivity index (χ2n) is 6.34. The summed E-state index contributed by atoms with van der Waals surface area (Å²) in [7, 11) is 0. The number of rotatable bonds is 9. The van der Waals surface area contributed by atoms with E-state index in [4.69, 9.17) is 14.7 Å². The van der Waals surface area contributed by atoms with Gasteiger partial charge in [-0.1, -0.05) is 45.0 Å². The second-order valence-corrected chi connectivity index (χ2v) is 8.20. The third kappa shape index (κ3) is 4.97. The molecule has 0 aliphatic carbocycles. The number of aryl methyl sites for hydroxylation is 1. The van der Waals surface area contributed by atoms with Gasteiger partial charge in [-0.25, -0.2) is 0 Å². The number of nitrogens with zero attached hydrogens (tertiary/aromatic N) is 5. The molecule has 30 heavy (non-hydrogen) atoms. The zero-order valence-corrected chi connectivity index (χ0v) is 18.1. The molecule has 3 heterocycles. The van der Waals surface area contributed by atoms with E-state index in [9.17, 15) is 4.79 Å². The first-order chi connectivity index (χ1) is 14.6. The summed E-state index contributed by atoms with van der Waals surface area (Å²) in [6.07, 6.45) is 2.20. The summed E-state index contributed by atoms with van der Waals surface area (Å²) >= 11 is 4.85. The van der Waals surface area contributed by atoms with Gasteiger partial charge in [0.05, 0.1) is 18.6 Å². The average molecular weight is 489 g/mol. The minimum Gasteiger partial charge on any atom is -0.467 e. The third-order valence-electron chi connectivity index (χ3n) is 4.16. The van der Waals surface area contributed by atoms with Crippen LogP contribution in [0.15, 0.2) is 61.2 Å². The standard InChI is InChI=1S/C19H17BrN6O3S/c20-13-4-1-3-12(9-13)18-22-17(29-25-18)11-30-19-24-23-16(7-6-15(21)27)26(19)10-14-5-2-8-28-14/h1-5,8-9H,6-7,10-11H2,(H2,21,27). The van der Waals surface area contributed by atoms with E-state index >= 15 is 0 Å². The van der Waals surface area contributed by atoms with Gasteiger partial charge in [0, 0.05) is 22.9 Å². The summed E-state index contributed by atoms with van der Waals surface area (Å²) in [5, 5.41) is 13.2. The zero-order chi connectivity index (χ0) is 20.9. The number of primary amides is 1. The predicted octanol–water partition coefficient (Wildman–Crippen LogP) is 3.44. The van der Waals surface area contributed by atoms with Crippen LogP contribution in [-0.4, -0.2) is 30.8 Å². The number of furan rings is 1. The lowest BCUT2D eigenvalue weighted by Gasteiger charge is -2.07. The van der Waals surface area contributed by atoms with Crippen molar-refractivity contribution in [1.82, 2.24) is 24.9 Å². The summed E-state index contributed by atoms with van der Waals surface area (Å²) in [6, 6.07) is 11.4. The van der Waals surface area contributed by atoms with Gasteiger partial charge in [-0.2, -0.15) is 4.98 Å². The van der Waals surface area contributed by atoms with Gasteiger partial charge in [0.2, 0.25) is 17.6 Å². The molecule has 4 rings (SSSR count). The van der Waals surface area contributed by atoms with Gasteiger partial charge in [0.25, 0.3) is 0 Å². The zero-order valence-electron chi connectivity index (χ0n) is 15.7. The van der Waals surface area contributed by atoms with Gasteiger partial charge in [-0.15, -0.1) is 10.2 Å². The topological polar surface area (TPSA) is 126 Å². The van der Waals surface area contributed by atoms with Crippen molar-refractivity contribution in [3.8, 4) is 11.4 Å². The molecule has 1 aromatic carbocycles.